The molecular weight excluding hydrogens is 290 g/mol. The first kappa shape index (κ1) is 16.7. The minimum atomic E-state index is -0.160. The van der Waals surface area contributed by atoms with E-state index < -0.39 is 0 Å². The Morgan fingerprint density at radius 3 is 2.43 bits per heavy atom. The summed E-state index contributed by atoms with van der Waals surface area (Å²) in [5, 5.41) is 3.01. The van der Waals surface area contributed by atoms with E-state index in [-0.39, 0.29) is 18.6 Å². The lowest BCUT2D eigenvalue weighted by Gasteiger charge is -2.18. The highest BCUT2D eigenvalue weighted by molar-refractivity contribution is 5.78. The molecule has 0 heterocycles. The SMILES string of the molecule is CCCC(NC(=O)COc1ccc(C=O)cc1)c1ccccc1. The quantitative estimate of drug-likeness (QED) is 0.759. The van der Waals surface area contributed by atoms with Crippen LogP contribution in [0.3, 0.4) is 0 Å². The average Bonchev–Trinajstić information content (AvgIpc) is 2.61. The highest BCUT2D eigenvalue weighted by Crippen LogP contribution is 2.18. The fraction of sp³-hybridized carbons (Fsp3) is 0.263. The second-order valence-electron chi connectivity index (χ2n) is 5.30. The third-order valence-electron chi connectivity index (χ3n) is 3.50. The molecule has 1 N–H and O–H groups in total. The Hall–Kier alpha value is -2.62. The van der Waals surface area contributed by atoms with Gasteiger partial charge < -0.3 is 10.1 Å². The average molecular weight is 311 g/mol. The minimum absolute atomic E-state index is 0.00487. The lowest BCUT2D eigenvalue weighted by molar-refractivity contribution is -0.123. The van der Waals surface area contributed by atoms with Gasteiger partial charge in [0.1, 0.15) is 12.0 Å². The molecular formula is C19H21NO3. The summed E-state index contributed by atoms with van der Waals surface area (Å²) in [6.07, 6.45) is 2.63. The van der Waals surface area contributed by atoms with Crippen molar-refractivity contribution in [3.05, 3.63) is 65.7 Å². The van der Waals surface area contributed by atoms with Crippen molar-refractivity contribution in [1.29, 1.82) is 0 Å². The topological polar surface area (TPSA) is 55.4 Å². The van der Waals surface area contributed by atoms with Crippen LogP contribution in [0.25, 0.3) is 0 Å². The minimum Gasteiger partial charge on any atom is -0.484 e. The highest BCUT2D eigenvalue weighted by atomic mass is 16.5. The molecule has 0 aromatic heterocycles. The van der Waals surface area contributed by atoms with Crippen LogP contribution in [0.4, 0.5) is 0 Å². The molecule has 0 radical (unpaired) electrons. The van der Waals surface area contributed by atoms with Crippen molar-refractivity contribution in [2.24, 2.45) is 0 Å². The molecule has 0 saturated carbocycles. The Kier molecular flexibility index (Phi) is 6.36. The Morgan fingerprint density at radius 2 is 1.83 bits per heavy atom. The van der Waals surface area contributed by atoms with E-state index in [1.54, 1.807) is 24.3 Å². The van der Waals surface area contributed by atoms with Gasteiger partial charge in [0.15, 0.2) is 6.61 Å². The van der Waals surface area contributed by atoms with Crippen molar-refractivity contribution in [2.45, 2.75) is 25.8 Å². The van der Waals surface area contributed by atoms with E-state index in [2.05, 4.69) is 12.2 Å². The zero-order valence-electron chi connectivity index (χ0n) is 13.2. The van der Waals surface area contributed by atoms with Crippen LogP contribution in [-0.2, 0) is 4.79 Å². The summed E-state index contributed by atoms with van der Waals surface area (Å²) >= 11 is 0. The van der Waals surface area contributed by atoms with E-state index in [1.165, 1.54) is 0 Å². The molecule has 1 unspecified atom stereocenters. The van der Waals surface area contributed by atoms with Crippen molar-refractivity contribution < 1.29 is 14.3 Å². The number of carbonyl (C=O) groups excluding carboxylic acids is 2. The monoisotopic (exact) mass is 311 g/mol. The predicted octanol–water partition coefficient (Wildman–Crippen LogP) is 3.54. The molecule has 0 saturated heterocycles. The second kappa shape index (κ2) is 8.73. The third-order valence-corrected chi connectivity index (χ3v) is 3.50. The number of rotatable bonds is 8. The number of benzene rings is 2. The molecule has 2 aromatic carbocycles. The van der Waals surface area contributed by atoms with Gasteiger partial charge >= 0.3 is 0 Å². The van der Waals surface area contributed by atoms with Gasteiger partial charge in [-0.25, -0.2) is 0 Å². The number of amides is 1. The number of hydrogen-bond acceptors (Lipinski definition) is 3. The van der Waals surface area contributed by atoms with Crippen molar-refractivity contribution in [3.8, 4) is 5.75 Å². The van der Waals surface area contributed by atoms with Gasteiger partial charge in [0.25, 0.3) is 5.91 Å². The van der Waals surface area contributed by atoms with Crippen LogP contribution in [0.1, 0.15) is 41.7 Å². The molecule has 2 aromatic rings. The summed E-state index contributed by atoms with van der Waals surface area (Å²) in [5.74, 6) is 0.407. The first-order valence-corrected chi connectivity index (χ1v) is 7.75. The van der Waals surface area contributed by atoms with E-state index in [4.69, 9.17) is 4.74 Å². The maximum Gasteiger partial charge on any atom is 0.258 e. The van der Waals surface area contributed by atoms with Gasteiger partial charge in [0, 0.05) is 5.56 Å². The lowest BCUT2D eigenvalue weighted by Crippen LogP contribution is -2.32. The lowest BCUT2D eigenvalue weighted by atomic mass is 10.0. The van der Waals surface area contributed by atoms with Crippen LogP contribution < -0.4 is 10.1 Å². The highest BCUT2D eigenvalue weighted by Gasteiger charge is 2.13. The van der Waals surface area contributed by atoms with E-state index >= 15 is 0 Å². The fourth-order valence-corrected chi connectivity index (χ4v) is 2.32. The summed E-state index contributed by atoms with van der Waals surface area (Å²) in [7, 11) is 0. The second-order valence-corrected chi connectivity index (χ2v) is 5.30. The zero-order chi connectivity index (χ0) is 16.5. The standard InChI is InChI=1S/C19H21NO3/c1-2-6-18(16-7-4-3-5-8-16)20-19(22)14-23-17-11-9-15(13-21)10-12-17/h3-5,7-13,18H,2,6,14H2,1H3,(H,20,22). The molecule has 0 aliphatic heterocycles. The van der Waals surface area contributed by atoms with E-state index in [0.29, 0.717) is 11.3 Å². The molecule has 0 fully saturated rings. The van der Waals surface area contributed by atoms with Gasteiger partial charge in [-0.2, -0.15) is 0 Å². The Bertz CT molecular complexity index is 623. The summed E-state index contributed by atoms with van der Waals surface area (Å²) in [5.41, 5.74) is 1.67. The van der Waals surface area contributed by atoms with Crippen molar-refractivity contribution in [2.75, 3.05) is 6.61 Å². The van der Waals surface area contributed by atoms with Crippen LogP contribution in [0.15, 0.2) is 54.6 Å². The number of carbonyl (C=O) groups is 2. The zero-order valence-corrected chi connectivity index (χ0v) is 13.2. The molecule has 0 spiro atoms. The van der Waals surface area contributed by atoms with Gasteiger partial charge in [0.05, 0.1) is 6.04 Å². The Labute approximate surface area is 136 Å². The van der Waals surface area contributed by atoms with Crippen LogP contribution in [0.5, 0.6) is 5.75 Å². The van der Waals surface area contributed by atoms with Gasteiger partial charge in [-0.05, 0) is 36.2 Å². The maximum atomic E-state index is 12.1. The summed E-state index contributed by atoms with van der Waals surface area (Å²) in [4.78, 5) is 22.7. The molecule has 0 aliphatic rings. The van der Waals surface area contributed by atoms with E-state index in [0.717, 1.165) is 24.7 Å². The van der Waals surface area contributed by atoms with Crippen LogP contribution in [0.2, 0.25) is 0 Å². The van der Waals surface area contributed by atoms with Crippen molar-refractivity contribution in [1.82, 2.24) is 5.32 Å². The molecule has 2 rings (SSSR count). The van der Waals surface area contributed by atoms with Crippen molar-refractivity contribution in [3.63, 3.8) is 0 Å². The maximum absolute atomic E-state index is 12.1. The first-order valence-electron chi connectivity index (χ1n) is 7.75. The van der Waals surface area contributed by atoms with Gasteiger partial charge in [0.2, 0.25) is 0 Å². The largest absolute Gasteiger partial charge is 0.484 e. The number of hydrogen-bond donors (Lipinski definition) is 1. The van der Waals surface area contributed by atoms with Crippen molar-refractivity contribution >= 4 is 12.2 Å². The predicted molar refractivity (Wildman–Crippen MR) is 89.6 cm³/mol. The molecule has 23 heavy (non-hydrogen) atoms. The van der Waals surface area contributed by atoms with Crippen LogP contribution >= 0.6 is 0 Å². The Morgan fingerprint density at radius 1 is 1.13 bits per heavy atom. The molecule has 1 atom stereocenters. The Balaban J connectivity index is 1.89. The molecule has 0 bridgehead atoms. The normalized spacial score (nSPS) is 11.5. The van der Waals surface area contributed by atoms with Crippen LogP contribution in [0, 0.1) is 0 Å². The van der Waals surface area contributed by atoms with E-state index in [1.807, 2.05) is 30.3 Å². The van der Waals surface area contributed by atoms with Crippen LogP contribution in [-0.4, -0.2) is 18.8 Å². The number of ether oxygens (including phenoxy) is 1. The molecule has 1 amide bonds. The molecule has 4 heteroatoms. The third kappa shape index (κ3) is 5.25. The molecule has 120 valence electrons. The van der Waals surface area contributed by atoms with Gasteiger partial charge in [-0.3, -0.25) is 9.59 Å². The number of nitrogens with one attached hydrogen (secondary N) is 1. The van der Waals surface area contributed by atoms with E-state index in [9.17, 15) is 9.59 Å². The molecule has 4 nitrogen and oxygen atoms in total. The number of aldehydes is 1. The van der Waals surface area contributed by atoms with Gasteiger partial charge in [-0.1, -0.05) is 43.7 Å². The summed E-state index contributed by atoms with van der Waals surface area (Å²) in [6, 6.07) is 16.6. The summed E-state index contributed by atoms with van der Waals surface area (Å²) < 4.78 is 5.45. The summed E-state index contributed by atoms with van der Waals surface area (Å²) in [6.45, 7) is 2.04. The smallest absolute Gasteiger partial charge is 0.258 e. The van der Waals surface area contributed by atoms with Gasteiger partial charge in [-0.15, -0.1) is 0 Å². The fourth-order valence-electron chi connectivity index (χ4n) is 2.32. The molecule has 0 aliphatic carbocycles. The first-order chi connectivity index (χ1) is 11.2.